The molecular formula is C11H15N3O3. The Labute approximate surface area is 99.2 Å². The quantitative estimate of drug-likeness (QED) is 0.606. The van der Waals surface area contributed by atoms with Crippen molar-refractivity contribution < 1.29 is 9.66 Å². The van der Waals surface area contributed by atoms with Gasteiger partial charge in [0.2, 0.25) is 0 Å². The van der Waals surface area contributed by atoms with Gasteiger partial charge in [0.25, 0.3) is 5.88 Å². The molecule has 1 heterocycles. The van der Waals surface area contributed by atoms with E-state index in [-0.39, 0.29) is 11.6 Å². The van der Waals surface area contributed by atoms with Crippen molar-refractivity contribution in [2.24, 2.45) is 5.92 Å². The van der Waals surface area contributed by atoms with Crippen LogP contribution in [0.4, 0.5) is 11.5 Å². The average molecular weight is 237 g/mol. The Morgan fingerprint density at radius 1 is 1.59 bits per heavy atom. The first-order valence-corrected chi connectivity index (χ1v) is 5.66. The van der Waals surface area contributed by atoms with Crippen LogP contribution in [0.1, 0.15) is 19.3 Å². The number of hydrogen-bond acceptors (Lipinski definition) is 5. The predicted molar refractivity (Wildman–Crippen MR) is 63.3 cm³/mol. The fourth-order valence-corrected chi connectivity index (χ4v) is 1.55. The third-order valence-corrected chi connectivity index (χ3v) is 2.75. The molecule has 0 radical (unpaired) electrons. The zero-order valence-corrected chi connectivity index (χ0v) is 9.68. The van der Waals surface area contributed by atoms with Crippen molar-refractivity contribution in [3.8, 4) is 5.88 Å². The smallest absolute Gasteiger partial charge is 0.331 e. The second-order valence-electron chi connectivity index (χ2n) is 4.11. The molecule has 1 N–H and O–H groups in total. The summed E-state index contributed by atoms with van der Waals surface area (Å²) in [5.41, 5.74) is -0.0835. The van der Waals surface area contributed by atoms with Crippen molar-refractivity contribution in [1.82, 2.24) is 4.98 Å². The summed E-state index contributed by atoms with van der Waals surface area (Å²) < 4.78 is 5.40. The Morgan fingerprint density at radius 2 is 2.35 bits per heavy atom. The highest BCUT2D eigenvalue weighted by atomic mass is 16.6. The van der Waals surface area contributed by atoms with Gasteiger partial charge in [-0.15, -0.1) is 0 Å². The maximum Gasteiger partial charge on any atom is 0.331 e. The Morgan fingerprint density at radius 3 is 2.94 bits per heavy atom. The lowest BCUT2D eigenvalue weighted by Gasteiger charge is -2.06. The Hall–Kier alpha value is -1.85. The summed E-state index contributed by atoms with van der Waals surface area (Å²) in [6.45, 7) is 0.492. The molecule has 0 unspecified atom stereocenters. The van der Waals surface area contributed by atoms with Gasteiger partial charge in [-0.1, -0.05) is 12.8 Å². The van der Waals surface area contributed by atoms with E-state index in [9.17, 15) is 10.1 Å². The molecule has 6 nitrogen and oxygen atoms in total. The summed E-state index contributed by atoms with van der Waals surface area (Å²) in [7, 11) is 1.71. The lowest BCUT2D eigenvalue weighted by Crippen LogP contribution is -2.04. The second-order valence-corrected chi connectivity index (χ2v) is 4.11. The molecule has 1 saturated carbocycles. The van der Waals surface area contributed by atoms with E-state index >= 15 is 0 Å². The van der Waals surface area contributed by atoms with E-state index in [4.69, 9.17) is 4.74 Å². The zero-order chi connectivity index (χ0) is 12.3. The first-order chi connectivity index (χ1) is 8.20. The number of hydrogen-bond donors (Lipinski definition) is 1. The van der Waals surface area contributed by atoms with Crippen molar-refractivity contribution >= 4 is 11.5 Å². The molecule has 1 aromatic heterocycles. The molecule has 0 spiro atoms. The van der Waals surface area contributed by atoms with Crippen LogP contribution in [0, 0.1) is 16.0 Å². The highest BCUT2D eigenvalue weighted by molar-refractivity contribution is 5.48. The minimum Gasteiger partial charge on any atom is -0.473 e. The monoisotopic (exact) mass is 237 g/mol. The van der Waals surface area contributed by atoms with Gasteiger partial charge in [-0.05, 0) is 18.4 Å². The number of aromatic nitrogens is 1. The number of rotatable bonds is 6. The van der Waals surface area contributed by atoms with E-state index in [1.54, 1.807) is 13.1 Å². The molecular weight excluding hydrogens is 222 g/mol. The summed E-state index contributed by atoms with van der Waals surface area (Å²) in [4.78, 5) is 14.4. The van der Waals surface area contributed by atoms with Gasteiger partial charge in [0.05, 0.1) is 11.5 Å². The molecule has 0 aromatic carbocycles. The third-order valence-electron chi connectivity index (χ3n) is 2.75. The van der Waals surface area contributed by atoms with E-state index in [1.165, 1.54) is 18.9 Å². The molecule has 2 rings (SSSR count). The molecule has 1 fully saturated rings. The van der Waals surface area contributed by atoms with Crippen LogP contribution in [0.25, 0.3) is 0 Å². The SMILES string of the molecule is CNc1ccc([N+](=O)[O-])c(OCCC2CC2)n1. The number of nitrogens with zero attached hydrogens (tertiary/aromatic N) is 2. The lowest BCUT2D eigenvalue weighted by atomic mass is 10.3. The summed E-state index contributed by atoms with van der Waals surface area (Å²) in [5, 5.41) is 13.6. The summed E-state index contributed by atoms with van der Waals surface area (Å²) in [6, 6.07) is 2.97. The molecule has 0 bridgehead atoms. The average Bonchev–Trinajstić information content (AvgIpc) is 3.12. The van der Waals surface area contributed by atoms with Crippen molar-refractivity contribution in [3.63, 3.8) is 0 Å². The summed E-state index contributed by atoms with van der Waals surface area (Å²) in [6.07, 6.45) is 3.44. The number of anilines is 1. The molecule has 0 saturated heterocycles. The highest BCUT2D eigenvalue weighted by Gasteiger charge is 2.22. The van der Waals surface area contributed by atoms with Crippen LogP contribution < -0.4 is 10.1 Å². The van der Waals surface area contributed by atoms with Crippen molar-refractivity contribution in [2.75, 3.05) is 19.0 Å². The maximum absolute atomic E-state index is 10.8. The Kier molecular flexibility index (Phi) is 3.41. The molecule has 6 heteroatoms. The van der Waals surface area contributed by atoms with Gasteiger partial charge in [0.1, 0.15) is 5.82 Å². The molecule has 92 valence electrons. The number of nitro groups is 1. The number of ether oxygens (including phenoxy) is 1. The predicted octanol–water partition coefficient (Wildman–Crippen LogP) is 2.21. The van der Waals surface area contributed by atoms with Gasteiger partial charge in [0, 0.05) is 13.1 Å². The van der Waals surface area contributed by atoms with E-state index in [0.29, 0.717) is 12.4 Å². The molecule has 1 aliphatic rings. The Balaban J connectivity index is 2.06. The molecule has 1 aliphatic carbocycles. The van der Waals surface area contributed by atoms with Crippen molar-refractivity contribution in [2.45, 2.75) is 19.3 Å². The highest BCUT2D eigenvalue weighted by Crippen LogP contribution is 2.33. The Bertz CT molecular complexity index is 418. The second kappa shape index (κ2) is 4.99. The molecule has 0 atom stereocenters. The minimum absolute atomic E-state index is 0.0835. The maximum atomic E-state index is 10.8. The van der Waals surface area contributed by atoms with Gasteiger partial charge in [-0.25, -0.2) is 0 Å². The van der Waals surface area contributed by atoms with Crippen molar-refractivity contribution in [1.29, 1.82) is 0 Å². The van der Waals surface area contributed by atoms with Crippen LogP contribution in [0.2, 0.25) is 0 Å². The normalized spacial score (nSPS) is 14.4. The fourth-order valence-electron chi connectivity index (χ4n) is 1.55. The van der Waals surface area contributed by atoms with E-state index in [1.807, 2.05) is 0 Å². The number of nitrogens with one attached hydrogen (secondary N) is 1. The third kappa shape index (κ3) is 3.05. The molecule has 17 heavy (non-hydrogen) atoms. The van der Waals surface area contributed by atoms with Gasteiger partial charge in [-0.2, -0.15) is 4.98 Å². The van der Waals surface area contributed by atoms with Crippen LogP contribution in [0.3, 0.4) is 0 Å². The van der Waals surface area contributed by atoms with Crippen LogP contribution in [-0.4, -0.2) is 23.6 Å². The topological polar surface area (TPSA) is 77.3 Å². The van der Waals surface area contributed by atoms with E-state index in [2.05, 4.69) is 10.3 Å². The first kappa shape index (κ1) is 11.6. The van der Waals surface area contributed by atoms with Crippen molar-refractivity contribution in [3.05, 3.63) is 22.2 Å². The molecule has 0 amide bonds. The molecule has 1 aromatic rings. The lowest BCUT2D eigenvalue weighted by molar-refractivity contribution is -0.386. The van der Waals surface area contributed by atoms with Crippen LogP contribution in [0.15, 0.2) is 12.1 Å². The van der Waals surface area contributed by atoms with E-state index < -0.39 is 4.92 Å². The van der Waals surface area contributed by atoms with Crippen LogP contribution >= 0.6 is 0 Å². The fraction of sp³-hybridized carbons (Fsp3) is 0.545. The summed E-state index contributed by atoms with van der Waals surface area (Å²) >= 11 is 0. The molecule has 0 aliphatic heterocycles. The van der Waals surface area contributed by atoms with Gasteiger partial charge < -0.3 is 10.1 Å². The van der Waals surface area contributed by atoms with E-state index in [0.717, 1.165) is 12.3 Å². The van der Waals surface area contributed by atoms with Crippen LogP contribution in [0.5, 0.6) is 5.88 Å². The van der Waals surface area contributed by atoms with Crippen LogP contribution in [-0.2, 0) is 0 Å². The number of pyridine rings is 1. The van der Waals surface area contributed by atoms with Gasteiger partial charge in [0.15, 0.2) is 0 Å². The van der Waals surface area contributed by atoms with Gasteiger partial charge in [-0.3, -0.25) is 10.1 Å². The standard InChI is InChI=1S/C11H15N3O3/c1-12-10-5-4-9(14(15)16)11(13-10)17-7-6-8-2-3-8/h4-5,8H,2-3,6-7H2,1H3,(H,12,13). The zero-order valence-electron chi connectivity index (χ0n) is 9.68. The summed E-state index contributed by atoms with van der Waals surface area (Å²) in [5.74, 6) is 1.40. The first-order valence-electron chi connectivity index (χ1n) is 5.66. The largest absolute Gasteiger partial charge is 0.473 e. The minimum atomic E-state index is -0.473. The van der Waals surface area contributed by atoms with Gasteiger partial charge >= 0.3 is 5.69 Å².